The minimum Gasteiger partial charge on any atom is -0.390 e. The normalized spacial score (nSPS) is 18.7. The maximum atomic E-state index is 12.0. The van der Waals surface area contributed by atoms with Crippen LogP contribution in [0.25, 0.3) is 0 Å². The van der Waals surface area contributed by atoms with Crippen molar-refractivity contribution in [1.29, 1.82) is 0 Å². The summed E-state index contributed by atoms with van der Waals surface area (Å²) in [6, 6.07) is 1.91. The van der Waals surface area contributed by atoms with Gasteiger partial charge in [-0.25, -0.2) is 0 Å². The molecule has 1 atom stereocenters. The quantitative estimate of drug-likeness (QED) is 0.876. The molecule has 0 aliphatic carbocycles. The molecule has 0 saturated carbocycles. The third-order valence-corrected chi connectivity index (χ3v) is 5.38. The second-order valence-corrected chi connectivity index (χ2v) is 7.45. The van der Waals surface area contributed by atoms with Gasteiger partial charge < -0.3 is 15.3 Å². The second-order valence-electron chi connectivity index (χ2n) is 6.20. The molecule has 2 heterocycles. The van der Waals surface area contributed by atoms with Crippen LogP contribution in [0.1, 0.15) is 39.9 Å². The van der Waals surface area contributed by atoms with Gasteiger partial charge in [-0.05, 0) is 57.3 Å². The molecule has 1 aliphatic heterocycles. The number of piperidine rings is 1. The van der Waals surface area contributed by atoms with E-state index in [1.165, 1.54) is 29.1 Å². The van der Waals surface area contributed by atoms with Gasteiger partial charge in [-0.3, -0.25) is 4.79 Å². The van der Waals surface area contributed by atoms with Crippen molar-refractivity contribution in [3.8, 4) is 0 Å². The van der Waals surface area contributed by atoms with Gasteiger partial charge in [-0.2, -0.15) is 0 Å². The maximum Gasteiger partial charge on any atom is 0.261 e. The monoisotopic (exact) mass is 310 g/mol. The fourth-order valence-electron chi connectivity index (χ4n) is 2.59. The lowest BCUT2D eigenvalue weighted by molar-refractivity contribution is 0.0797. The van der Waals surface area contributed by atoms with Gasteiger partial charge in [0.05, 0.1) is 11.0 Å². The topological polar surface area (TPSA) is 52.6 Å². The zero-order chi connectivity index (χ0) is 15.4. The van der Waals surface area contributed by atoms with Gasteiger partial charge >= 0.3 is 0 Å². The summed E-state index contributed by atoms with van der Waals surface area (Å²) >= 11 is 1.51. The molecular weight excluding hydrogens is 284 g/mol. The minimum absolute atomic E-state index is 0.0810. The Morgan fingerprint density at radius 2 is 2.14 bits per heavy atom. The summed E-state index contributed by atoms with van der Waals surface area (Å²) in [4.78, 5) is 16.2. The summed E-state index contributed by atoms with van der Waals surface area (Å²) in [7, 11) is 0. The highest BCUT2D eigenvalue weighted by molar-refractivity contribution is 7.14. The average molecular weight is 310 g/mol. The number of likely N-dealkylation sites (tertiary alicyclic amines) is 1. The van der Waals surface area contributed by atoms with E-state index in [0.717, 1.165) is 29.4 Å². The molecule has 0 spiro atoms. The first-order valence-corrected chi connectivity index (χ1v) is 8.53. The predicted molar refractivity (Wildman–Crippen MR) is 87.0 cm³/mol. The molecule has 1 aromatic heterocycles. The smallest absolute Gasteiger partial charge is 0.261 e. The summed E-state index contributed by atoms with van der Waals surface area (Å²) in [5, 5.41) is 12.9. The van der Waals surface area contributed by atoms with Crippen LogP contribution in [-0.2, 0) is 0 Å². The van der Waals surface area contributed by atoms with Crippen LogP contribution >= 0.6 is 11.3 Å². The van der Waals surface area contributed by atoms with Crippen molar-refractivity contribution >= 4 is 17.2 Å². The number of carbonyl (C=O) groups excluding carboxylic acids is 1. The number of amides is 1. The van der Waals surface area contributed by atoms with Gasteiger partial charge in [0.25, 0.3) is 5.91 Å². The number of thiophene rings is 1. The summed E-state index contributed by atoms with van der Waals surface area (Å²) in [5.41, 5.74) is 1.15. The van der Waals surface area contributed by atoms with Gasteiger partial charge in [-0.15, -0.1) is 11.3 Å². The molecule has 0 aromatic carbocycles. The Kier molecular flexibility index (Phi) is 5.79. The number of β-amino-alcohol motifs (C(OH)–C–C–N with tert-alkyl or cyclic N) is 1. The van der Waals surface area contributed by atoms with Gasteiger partial charge in [0.1, 0.15) is 0 Å². The number of aryl methyl sites for hydroxylation is 2. The summed E-state index contributed by atoms with van der Waals surface area (Å²) in [5.74, 6) is 0.714. The summed E-state index contributed by atoms with van der Waals surface area (Å²) in [6.07, 6.45) is 1.91. The highest BCUT2D eigenvalue weighted by Gasteiger charge is 2.19. The van der Waals surface area contributed by atoms with Gasteiger partial charge in [0.2, 0.25) is 0 Å². The van der Waals surface area contributed by atoms with Crippen molar-refractivity contribution in [3.63, 3.8) is 0 Å². The first-order chi connectivity index (χ1) is 9.95. The lowest BCUT2D eigenvalue weighted by Crippen LogP contribution is -2.42. The fraction of sp³-hybridized carbons (Fsp3) is 0.688. The second kappa shape index (κ2) is 7.38. The van der Waals surface area contributed by atoms with E-state index >= 15 is 0 Å². The molecule has 0 radical (unpaired) electrons. The van der Waals surface area contributed by atoms with E-state index in [2.05, 4.69) is 17.1 Å². The number of hydrogen-bond acceptors (Lipinski definition) is 4. The first-order valence-electron chi connectivity index (χ1n) is 7.71. The lowest BCUT2D eigenvalue weighted by atomic mass is 9.99. The zero-order valence-electron chi connectivity index (χ0n) is 13.2. The Balaban J connectivity index is 1.73. The molecule has 1 aliphatic rings. The molecule has 1 amide bonds. The number of hydrogen-bond donors (Lipinski definition) is 2. The molecule has 1 saturated heterocycles. The Morgan fingerprint density at radius 3 is 2.71 bits per heavy atom. The van der Waals surface area contributed by atoms with Crippen LogP contribution < -0.4 is 5.32 Å². The van der Waals surface area contributed by atoms with Crippen molar-refractivity contribution in [2.24, 2.45) is 5.92 Å². The molecule has 4 nitrogen and oxygen atoms in total. The SMILES string of the molecule is Cc1cc(C(=O)NCC(O)CN2CCC(C)CC2)sc1C. The van der Waals surface area contributed by atoms with Crippen LogP contribution in [0.5, 0.6) is 0 Å². The van der Waals surface area contributed by atoms with E-state index in [9.17, 15) is 9.90 Å². The Morgan fingerprint density at radius 1 is 1.48 bits per heavy atom. The maximum absolute atomic E-state index is 12.0. The van der Waals surface area contributed by atoms with Crippen LogP contribution in [0.2, 0.25) is 0 Å². The van der Waals surface area contributed by atoms with Crippen molar-refractivity contribution < 1.29 is 9.90 Å². The third kappa shape index (κ3) is 4.80. The van der Waals surface area contributed by atoms with Crippen molar-refractivity contribution in [2.45, 2.75) is 39.7 Å². The lowest BCUT2D eigenvalue weighted by Gasteiger charge is -2.31. The summed E-state index contributed by atoms with van der Waals surface area (Å²) in [6.45, 7) is 9.37. The van der Waals surface area contributed by atoms with E-state index < -0.39 is 6.10 Å². The zero-order valence-corrected chi connectivity index (χ0v) is 14.0. The molecule has 21 heavy (non-hydrogen) atoms. The molecular formula is C16H26N2O2S. The van der Waals surface area contributed by atoms with E-state index in [1.807, 2.05) is 19.9 Å². The highest BCUT2D eigenvalue weighted by Crippen LogP contribution is 2.20. The minimum atomic E-state index is -0.496. The van der Waals surface area contributed by atoms with Crippen molar-refractivity contribution in [3.05, 3.63) is 21.4 Å². The Bertz CT molecular complexity index is 459. The average Bonchev–Trinajstić information content (AvgIpc) is 2.79. The van der Waals surface area contributed by atoms with E-state index in [0.29, 0.717) is 13.1 Å². The number of nitrogens with zero attached hydrogens (tertiary/aromatic N) is 1. The van der Waals surface area contributed by atoms with E-state index in [-0.39, 0.29) is 5.91 Å². The molecule has 1 aromatic rings. The van der Waals surface area contributed by atoms with E-state index in [4.69, 9.17) is 0 Å². The third-order valence-electron chi connectivity index (χ3n) is 4.23. The largest absolute Gasteiger partial charge is 0.390 e. The van der Waals surface area contributed by atoms with Crippen molar-refractivity contribution in [2.75, 3.05) is 26.2 Å². The van der Waals surface area contributed by atoms with Crippen LogP contribution in [0.4, 0.5) is 0 Å². The van der Waals surface area contributed by atoms with E-state index in [1.54, 1.807) is 0 Å². The number of aliphatic hydroxyl groups is 1. The molecule has 0 bridgehead atoms. The fourth-order valence-corrected chi connectivity index (χ4v) is 3.54. The summed E-state index contributed by atoms with van der Waals surface area (Å²) < 4.78 is 0. The molecule has 1 unspecified atom stereocenters. The number of carbonyl (C=O) groups is 1. The van der Waals surface area contributed by atoms with Crippen LogP contribution in [0, 0.1) is 19.8 Å². The number of aliphatic hydroxyl groups excluding tert-OH is 1. The number of nitrogens with one attached hydrogen (secondary N) is 1. The van der Waals surface area contributed by atoms with Crippen LogP contribution in [0.15, 0.2) is 6.07 Å². The molecule has 1 fully saturated rings. The van der Waals surface area contributed by atoms with Crippen LogP contribution in [-0.4, -0.2) is 48.2 Å². The number of rotatable bonds is 5. The standard InChI is InChI=1S/C16H26N2O2S/c1-11-4-6-18(7-5-11)10-14(19)9-17-16(20)15-8-12(2)13(3)21-15/h8,11,14,19H,4-7,9-10H2,1-3H3,(H,17,20). The predicted octanol–water partition coefficient (Wildman–Crippen LogP) is 2.19. The molecule has 2 N–H and O–H groups in total. The van der Waals surface area contributed by atoms with Gasteiger partial charge in [0, 0.05) is 18.0 Å². The highest BCUT2D eigenvalue weighted by atomic mass is 32.1. The van der Waals surface area contributed by atoms with Gasteiger partial charge in [0.15, 0.2) is 0 Å². The Hall–Kier alpha value is -0.910. The van der Waals surface area contributed by atoms with Gasteiger partial charge in [-0.1, -0.05) is 6.92 Å². The van der Waals surface area contributed by atoms with Crippen molar-refractivity contribution in [1.82, 2.24) is 10.2 Å². The molecule has 118 valence electrons. The molecule has 2 rings (SSSR count). The molecule has 5 heteroatoms. The van der Waals surface area contributed by atoms with Crippen LogP contribution in [0.3, 0.4) is 0 Å². The Labute approximate surface area is 131 Å². The first kappa shape index (κ1) is 16.5.